The summed E-state index contributed by atoms with van der Waals surface area (Å²) in [7, 11) is 0. The third kappa shape index (κ3) is 2.85. The van der Waals surface area contributed by atoms with Crippen molar-refractivity contribution in [1.29, 1.82) is 0 Å². The number of H-pyrrole nitrogens is 1. The molecule has 112 valence electrons. The highest BCUT2D eigenvalue weighted by molar-refractivity contribution is 6.31. The maximum atomic E-state index is 12.2. The van der Waals surface area contributed by atoms with E-state index in [1.54, 1.807) is 0 Å². The van der Waals surface area contributed by atoms with Gasteiger partial charge in [-0.1, -0.05) is 29.8 Å². The summed E-state index contributed by atoms with van der Waals surface area (Å²) < 4.78 is 0. The molecule has 0 spiro atoms. The molecule has 1 aromatic heterocycles. The number of nitrogens with one attached hydrogen (secondary N) is 2. The first-order valence-electron chi connectivity index (χ1n) is 7.16. The van der Waals surface area contributed by atoms with Crippen molar-refractivity contribution in [2.45, 2.75) is 20.4 Å². The number of fused-ring (bicyclic) bond motifs is 1. The van der Waals surface area contributed by atoms with Crippen molar-refractivity contribution in [3.63, 3.8) is 0 Å². The number of halogens is 1. The zero-order valence-electron chi connectivity index (χ0n) is 12.5. The quantitative estimate of drug-likeness (QED) is 0.752. The van der Waals surface area contributed by atoms with Crippen LogP contribution in [0.2, 0.25) is 5.02 Å². The maximum Gasteiger partial charge on any atom is 0.253 e. The highest BCUT2D eigenvalue weighted by Crippen LogP contribution is 2.23. The molecule has 3 aromatic rings. The smallest absolute Gasteiger partial charge is 0.253 e. The lowest BCUT2D eigenvalue weighted by Gasteiger charge is -2.11. The van der Waals surface area contributed by atoms with Crippen LogP contribution in [-0.4, -0.2) is 4.98 Å². The molecule has 0 aliphatic rings. The lowest BCUT2D eigenvalue weighted by atomic mass is 10.1. The normalized spacial score (nSPS) is 10.9. The van der Waals surface area contributed by atoms with Gasteiger partial charge in [-0.15, -0.1) is 0 Å². The van der Waals surface area contributed by atoms with Gasteiger partial charge in [-0.2, -0.15) is 0 Å². The molecule has 2 aromatic carbocycles. The van der Waals surface area contributed by atoms with Gasteiger partial charge in [0.2, 0.25) is 0 Å². The van der Waals surface area contributed by atoms with Gasteiger partial charge in [0.05, 0.1) is 0 Å². The molecule has 0 bridgehead atoms. The second-order valence-electron chi connectivity index (χ2n) is 5.48. The van der Waals surface area contributed by atoms with Crippen molar-refractivity contribution in [2.75, 3.05) is 5.32 Å². The Morgan fingerprint density at radius 1 is 1.14 bits per heavy atom. The average Bonchev–Trinajstić information content (AvgIpc) is 2.49. The van der Waals surface area contributed by atoms with Crippen molar-refractivity contribution in [2.24, 2.45) is 0 Å². The highest BCUT2D eigenvalue weighted by Gasteiger charge is 2.05. The van der Waals surface area contributed by atoms with E-state index in [1.807, 2.05) is 56.3 Å². The molecule has 0 unspecified atom stereocenters. The zero-order valence-corrected chi connectivity index (χ0v) is 13.3. The first-order valence-corrected chi connectivity index (χ1v) is 7.54. The molecule has 0 aliphatic carbocycles. The minimum atomic E-state index is -0.0646. The fourth-order valence-electron chi connectivity index (χ4n) is 2.48. The van der Waals surface area contributed by atoms with Gasteiger partial charge in [0.15, 0.2) is 0 Å². The van der Waals surface area contributed by atoms with Crippen LogP contribution in [0.4, 0.5) is 5.69 Å². The lowest BCUT2D eigenvalue weighted by Crippen LogP contribution is -2.16. The molecule has 0 saturated heterocycles. The Morgan fingerprint density at radius 3 is 2.77 bits per heavy atom. The topological polar surface area (TPSA) is 44.9 Å². The Bertz CT molecular complexity index is 899. The van der Waals surface area contributed by atoms with E-state index < -0.39 is 0 Å². The number of aromatic amines is 1. The van der Waals surface area contributed by atoms with Crippen LogP contribution in [0, 0.1) is 13.8 Å². The molecule has 1 heterocycles. The molecule has 4 heteroatoms. The third-order valence-electron chi connectivity index (χ3n) is 3.82. The predicted molar refractivity (Wildman–Crippen MR) is 92.8 cm³/mol. The largest absolute Gasteiger partial charge is 0.380 e. The van der Waals surface area contributed by atoms with E-state index in [-0.39, 0.29) is 5.56 Å². The van der Waals surface area contributed by atoms with Crippen molar-refractivity contribution in [3.05, 3.63) is 74.5 Å². The van der Waals surface area contributed by atoms with Crippen LogP contribution in [0.3, 0.4) is 0 Å². The molecule has 2 N–H and O–H groups in total. The molecule has 0 aliphatic heterocycles. The van der Waals surface area contributed by atoms with E-state index in [9.17, 15) is 4.79 Å². The van der Waals surface area contributed by atoms with Gasteiger partial charge < -0.3 is 10.3 Å². The van der Waals surface area contributed by atoms with E-state index in [0.717, 1.165) is 27.7 Å². The molecule has 3 rings (SSSR count). The van der Waals surface area contributed by atoms with Crippen molar-refractivity contribution in [3.8, 4) is 0 Å². The Balaban J connectivity index is 1.91. The Labute approximate surface area is 133 Å². The van der Waals surface area contributed by atoms with Gasteiger partial charge in [-0.25, -0.2) is 0 Å². The summed E-state index contributed by atoms with van der Waals surface area (Å²) in [4.78, 5) is 15.1. The second kappa shape index (κ2) is 5.85. The Morgan fingerprint density at radius 2 is 1.95 bits per heavy atom. The Kier molecular flexibility index (Phi) is 3.90. The van der Waals surface area contributed by atoms with Crippen LogP contribution in [0.5, 0.6) is 0 Å². The van der Waals surface area contributed by atoms with E-state index in [1.165, 1.54) is 0 Å². The van der Waals surface area contributed by atoms with Crippen LogP contribution < -0.4 is 10.9 Å². The summed E-state index contributed by atoms with van der Waals surface area (Å²) in [6.45, 7) is 4.42. The standard InChI is InChI=1S/C18H17ClN2O/c1-11-6-7-13-9-14(18(22)21-17(13)8-11)10-20-16-5-3-4-15(19)12(16)2/h3-9,20H,10H2,1-2H3,(H,21,22). The lowest BCUT2D eigenvalue weighted by molar-refractivity contribution is 1.08. The summed E-state index contributed by atoms with van der Waals surface area (Å²) >= 11 is 6.11. The average molecular weight is 313 g/mol. The number of hydrogen-bond acceptors (Lipinski definition) is 2. The molecular weight excluding hydrogens is 296 g/mol. The molecule has 0 amide bonds. The Hall–Kier alpha value is -2.26. The number of aryl methyl sites for hydroxylation is 1. The van der Waals surface area contributed by atoms with Gasteiger partial charge in [0, 0.05) is 28.3 Å². The number of pyridine rings is 1. The predicted octanol–water partition coefficient (Wildman–Crippen LogP) is 4.41. The van der Waals surface area contributed by atoms with Gasteiger partial charge in [0.25, 0.3) is 5.56 Å². The van der Waals surface area contributed by atoms with Gasteiger partial charge in [0.1, 0.15) is 0 Å². The van der Waals surface area contributed by atoms with E-state index in [4.69, 9.17) is 11.6 Å². The van der Waals surface area contributed by atoms with Crippen molar-refractivity contribution < 1.29 is 0 Å². The van der Waals surface area contributed by atoms with Crippen LogP contribution in [0.1, 0.15) is 16.7 Å². The van der Waals surface area contributed by atoms with Crippen molar-refractivity contribution in [1.82, 2.24) is 4.98 Å². The molecular formula is C18H17ClN2O. The third-order valence-corrected chi connectivity index (χ3v) is 4.22. The zero-order chi connectivity index (χ0) is 15.7. The summed E-state index contributed by atoms with van der Waals surface area (Å²) in [5.41, 5.74) is 4.56. The molecule has 0 saturated carbocycles. The van der Waals surface area contributed by atoms with Gasteiger partial charge >= 0.3 is 0 Å². The van der Waals surface area contributed by atoms with Gasteiger partial charge in [-0.05, 0) is 54.6 Å². The van der Waals surface area contributed by atoms with Crippen LogP contribution in [0.25, 0.3) is 10.9 Å². The van der Waals surface area contributed by atoms with E-state index in [0.29, 0.717) is 17.1 Å². The minimum absolute atomic E-state index is 0.0646. The number of aromatic nitrogens is 1. The maximum absolute atomic E-state index is 12.2. The van der Waals surface area contributed by atoms with E-state index in [2.05, 4.69) is 10.3 Å². The summed E-state index contributed by atoms with van der Waals surface area (Å²) in [5.74, 6) is 0. The summed E-state index contributed by atoms with van der Waals surface area (Å²) in [6, 6.07) is 13.7. The first-order chi connectivity index (χ1) is 10.5. The fraction of sp³-hybridized carbons (Fsp3) is 0.167. The van der Waals surface area contributed by atoms with Crippen LogP contribution in [-0.2, 0) is 6.54 Å². The van der Waals surface area contributed by atoms with Gasteiger partial charge in [-0.3, -0.25) is 4.79 Å². The minimum Gasteiger partial charge on any atom is -0.380 e. The number of rotatable bonds is 3. The van der Waals surface area contributed by atoms with E-state index >= 15 is 0 Å². The number of benzene rings is 2. The molecule has 22 heavy (non-hydrogen) atoms. The second-order valence-corrected chi connectivity index (χ2v) is 5.89. The SMILES string of the molecule is Cc1ccc2cc(CNc3cccc(Cl)c3C)c(=O)[nH]c2c1. The number of hydrogen-bond donors (Lipinski definition) is 2. The van der Waals surface area contributed by atoms with Crippen molar-refractivity contribution >= 4 is 28.2 Å². The molecule has 0 fully saturated rings. The highest BCUT2D eigenvalue weighted by atomic mass is 35.5. The first kappa shape index (κ1) is 14.7. The molecule has 0 atom stereocenters. The molecule has 0 radical (unpaired) electrons. The summed E-state index contributed by atoms with van der Waals surface area (Å²) in [5, 5.41) is 5.03. The van der Waals surface area contributed by atoms with Crippen LogP contribution >= 0.6 is 11.6 Å². The molecule has 3 nitrogen and oxygen atoms in total. The number of anilines is 1. The van der Waals surface area contributed by atoms with Crippen LogP contribution in [0.15, 0.2) is 47.3 Å². The summed E-state index contributed by atoms with van der Waals surface area (Å²) in [6.07, 6.45) is 0. The fourth-order valence-corrected chi connectivity index (χ4v) is 2.66. The monoisotopic (exact) mass is 312 g/mol.